The van der Waals surface area contributed by atoms with E-state index in [9.17, 15) is 9.59 Å². The maximum absolute atomic E-state index is 12.7. The summed E-state index contributed by atoms with van der Waals surface area (Å²) < 4.78 is 1.17. The van der Waals surface area contributed by atoms with Crippen molar-refractivity contribution in [1.29, 1.82) is 0 Å². The highest BCUT2D eigenvalue weighted by Gasteiger charge is 2.15. The molecule has 154 valence electrons. The minimum absolute atomic E-state index is 0.0271. The van der Waals surface area contributed by atoms with Crippen molar-refractivity contribution in [2.75, 3.05) is 10.6 Å². The van der Waals surface area contributed by atoms with Crippen LogP contribution >= 0.6 is 11.3 Å². The highest BCUT2D eigenvalue weighted by atomic mass is 32.1. The number of nitrogens with one attached hydrogen (secondary N) is 2. The number of carbonyl (C=O) groups excluding carboxylic acids is 2. The molecule has 2 amide bonds. The van der Waals surface area contributed by atoms with Crippen LogP contribution in [0.5, 0.6) is 0 Å². The molecule has 0 bridgehead atoms. The van der Waals surface area contributed by atoms with Crippen LogP contribution in [0.4, 0.5) is 11.4 Å². The third-order valence-electron chi connectivity index (χ3n) is 5.43. The molecular weight excluding hydrogens is 406 g/mol. The lowest BCUT2D eigenvalue weighted by molar-refractivity contribution is -0.116. The van der Waals surface area contributed by atoms with E-state index >= 15 is 0 Å². The van der Waals surface area contributed by atoms with Gasteiger partial charge in [0, 0.05) is 28.9 Å². The Morgan fingerprint density at radius 2 is 1.87 bits per heavy atom. The third-order valence-corrected chi connectivity index (χ3v) is 6.49. The van der Waals surface area contributed by atoms with E-state index in [-0.39, 0.29) is 11.8 Å². The zero-order chi connectivity index (χ0) is 21.4. The van der Waals surface area contributed by atoms with Crippen LogP contribution in [0.3, 0.4) is 0 Å². The fourth-order valence-corrected chi connectivity index (χ4v) is 4.84. The normalized spacial score (nSPS) is 13.4. The molecule has 0 fully saturated rings. The Labute approximate surface area is 184 Å². The number of aryl methyl sites for hydroxylation is 2. The van der Waals surface area contributed by atoms with E-state index in [1.165, 1.54) is 10.3 Å². The first-order valence-electron chi connectivity index (χ1n) is 10.3. The minimum Gasteiger partial charge on any atom is -0.326 e. The molecule has 4 aromatic rings. The van der Waals surface area contributed by atoms with Crippen LogP contribution in [0.1, 0.15) is 34.3 Å². The average molecular weight is 428 g/mol. The van der Waals surface area contributed by atoms with Crippen molar-refractivity contribution in [2.24, 2.45) is 0 Å². The first-order valence-corrected chi connectivity index (χ1v) is 11.1. The van der Waals surface area contributed by atoms with Gasteiger partial charge in [-0.3, -0.25) is 9.59 Å². The van der Waals surface area contributed by atoms with E-state index in [0.29, 0.717) is 12.0 Å². The number of benzene rings is 3. The lowest BCUT2D eigenvalue weighted by Gasteiger charge is -2.10. The molecule has 2 N–H and O–H groups in total. The standard InChI is InChI=1S/C25H21N3O2S/c1-15-5-11-21-22(13-15)31-25(28-21)16-6-9-19(10-7-16)26-24(30)18-8-12-20-17(14-18)3-2-4-23(29)27-20/h5-14H,2-4H2,1H3,(H,26,30)(H,27,29). The van der Waals surface area contributed by atoms with Crippen molar-refractivity contribution in [2.45, 2.75) is 26.2 Å². The predicted molar refractivity (Wildman–Crippen MR) is 126 cm³/mol. The second-order valence-electron chi connectivity index (χ2n) is 7.80. The lowest BCUT2D eigenvalue weighted by Crippen LogP contribution is -2.13. The first kappa shape index (κ1) is 19.5. The van der Waals surface area contributed by atoms with Crippen LogP contribution in [0.25, 0.3) is 20.8 Å². The van der Waals surface area contributed by atoms with Gasteiger partial charge < -0.3 is 10.6 Å². The van der Waals surface area contributed by atoms with Gasteiger partial charge in [-0.1, -0.05) is 6.07 Å². The fourth-order valence-electron chi connectivity index (χ4n) is 3.77. The quantitative estimate of drug-likeness (QED) is 0.434. The van der Waals surface area contributed by atoms with E-state index in [1.807, 2.05) is 42.5 Å². The number of carbonyl (C=O) groups is 2. The van der Waals surface area contributed by atoms with Gasteiger partial charge in [0.15, 0.2) is 0 Å². The van der Waals surface area contributed by atoms with Gasteiger partial charge in [0.2, 0.25) is 5.91 Å². The third kappa shape index (κ3) is 4.07. The molecule has 0 saturated heterocycles. The summed E-state index contributed by atoms with van der Waals surface area (Å²) >= 11 is 1.67. The Kier molecular flexibility index (Phi) is 5.00. The molecule has 31 heavy (non-hydrogen) atoms. The summed E-state index contributed by atoms with van der Waals surface area (Å²) in [5, 5.41) is 6.82. The molecule has 0 atom stereocenters. The Hall–Kier alpha value is -3.51. The predicted octanol–water partition coefficient (Wildman–Crippen LogP) is 5.80. The number of hydrogen-bond donors (Lipinski definition) is 2. The average Bonchev–Trinajstić information content (AvgIpc) is 3.08. The summed E-state index contributed by atoms with van der Waals surface area (Å²) in [6.45, 7) is 2.08. The molecule has 3 aromatic carbocycles. The summed E-state index contributed by atoms with van der Waals surface area (Å²) in [4.78, 5) is 29.2. The van der Waals surface area contributed by atoms with Gasteiger partial charge in [0.1, 0.15) is 5.01 Å². The highest BCUT2D eigenvalue weighted by Crippen LogP contribution is 2.31. The number of fused-ring (bicyclic) bond motifs is 2. The van der Waals surface area contributed by atoms with Gasteiger partial charge in [-0.15, -0.1) is 11.3 Å². The molecule has 5 rings (SSSR count). The van der Waals surface area contributed by atoms with Crippen LogP contribution in [-0.2, 0) is 11.2 Å². The Morgan fingerprint density at radius 3 is 2.71 bits per heavy atom. The molecule has 1 aliphatic heterocycles. The Bertz CT molecular complexity index is 1310. The van der Waals surface area contributed by atoms with Crippen molar-refractivity contribution < 1.29 is 9.59 Å². The summed E-state index contributed by atoms with van der Waals surface area (Å²) in [6.07, 6.45) is 2.08. The Morgan fingerprint density at radius 1 is 1.03 bits per heavy atom. The molecule has 5 nitrogen and oxygen atoms in total. The topological polar surface area (TPSA) is 71.1 Å². The zero-order valence-electron chi connectivity index (χ0n) is 17.1. The second-order valence-corrected chi connectivity index (χ2v) is 8.83. The van der Waals surface area contributed by atoms with Crippen molar-refractivity contribution in [3.8, 4) is 10.6 Å². The van der Waals surface area contributed by atoms with E-state index < -0.39 is 0 Å². The molecule has 1 aliphatic rings. The van der Waals surface area contributed by atoms with Crippen LogP contribution in [0.15, 0.2) is 60.7 Å². The van der Waals surface area contributed by atoms with Crippen molar-refractivity contribution in [1.82, 2.24) is 4.98 Å². The summed E-state index contributed by atoms with van der Waals surface area (Å²) in [5.41, 5.74) is 6.37. The molecule has 6 heteroatoms. The van der Waals surface area contributed by atoms with E-state index in [2.05, 4.69) is 29.7 Å². The minimum atomic E-state index is -0.165. The molecule has 1 aromatic heterocycles. The molecule has 0 unspecified atom stereocenters. The molecule has 0 aliphatic carbocycles. The second kappa shape index (κ2) is 7.96. The van der Waals surface area contributed by atoms with E-state index in [1.54, 1.807) is 17.4 Å². The fraction of sp³-hybridized carbons (Fsp3) is 0.160. The number of thiazole rings is 1. The number of anilines is 2. The van der Waals surface area contributed by atoms with Crippen molar-refractivity contribution >= 4 is 44.7 Å². The number of nitrogens with zero attached hydrogens (tertiary/aromatic N) is 1. The zero-order valence-corrected chi connectivity index (χ0v) is 17.9. The molecule has 2 heterocycles. The van der Waals surface area contributed by atoms with Crippen LogP contribution in [-0.4, -0.2) is 16.8 Å². The number of aromatic nitrogens is 1. The van der Waals surface area contributed by atoms with E-state index in [4.69, 9.17) is 4.98 Å². The van der Waals surface area contributed by atoms with Gasteiger partial charge in [0.25, 0.3) is 5.91 Å². The largest absolute Gasteiger partial charge is 0.326 e. The van der Waals surface area contributed by atoms with Gasteiger partial charge in [-0.25, -0.2) is 4.98 Å². The maximum atomic E-state index is 12.7. The van der Waals surface area contributed by atoms with E-state index in [0.717, 1.165) is 45.9 Å². The molecule has 0 radical (unpaired) electrons. The molecule has 0 saturated carbocycles. The molecular formula is C25H21N3O2S. The van der Waals surface area contributed by atoms with Crippen LogP contribution in [0, 0.1) is 6.92 Å². The van der Waals surface area contributed by atoms with Crippen molar-refractivity contribution in [3.05, 3.63) is 77.4 Å². The number of amides is 2. The van der Waals surface area contributed by atoms with Gasteiger partial charge in [0.05, 0.1) is 10.2 Å². The van der Waals surface area contributed by atoms with Gasteiger partial charge >= 0.3 is 0 Å². The van der Waals surface area contributed by atoms with Crippen LogP contribution in [0.2, 0.25) is 0 Å². The lowest BCUT2D eigenvalue weighted by atomic mass is 10.0. The first-order chi connectivity index (χ1) is 15.0. The summed E-state index contributed by atoms with van der Waals surface area (Å²) in [5.74, 6) is -0.138. The van der Waals surface area contributed by atoms with Gasteiger partial charge in [-0.2, -0.15) is 0 Å². The SMILES string of the molecule is Cc1ccc2nc(-c3ccc(NC(=O)c4ccc5c(c4)CCCC(=O)N5)cc3)sc2c1. The monoisotopic (exact) mass is 427 g/mol. The van der Waals surface area contributed by atoms with Crippen molar-refractivity contribution in [3.63, 3.8) is 0 Å². The number of rotatable bonds is 3. The Balaban J connectivity index is 1.33. The summed E-state index contributed by atoms with van der Waals surface area (Å²) in [7, 11) is 0. The number of hydrogen-bond acceptors (Lipinski definition) is 4. The highest BCUT2D eigenvalue weighted by molar-refractivity contribution is 7.21. The van der Waals surface area contributed by atoms with Gasteiger partial charge in [-0.05, 0) is 85.5 Å². The summed E-state index contributed by atoms with van der Waals surface area (Å²) in [6, 6.07) is 19.4. The smallest absolute Gasteiger partial charge is 0.255 e. The molecule has 0 spiro atoms. The maximum Gasteiger partial charge on any atom is 0.255 e. The van der Waals surface area contributed by atoms with Crippen LogP contribution < -0.4 is 10.6 Å².